The van der Waals surface area contributed by atoms with Gasteiger partial charge in [0.05, 0.1) is 10.6 Å². The minimum Gasteiger partial charge on any atom is -0.352 e. The molecule has 1 saturated heterocycles. The third-order valence-corrected chi connectivity index (χ3v) is 5.58. The van der Waals surface area contributed by atoms with Gasteiger partial charge in [-0.1, -0.05) is 23.7 Å². The van der Waals surface area contributed by atoms with Crippen molar-refractivity contribution < 1.29 is 9.18 Å². The molecule has 3 rings (SSSR count). The molecule has 0 unspecified atom stereocenters. The quantitative estimate of drug-likeness (QED) is 0.860. The first-order valence-corrected chi connectivity index (χ1v) is 9.36. The number of likely N-dealkylation sites (tertiary alicyclic amines) is 1. The average molecular weight is 367 g/mol. The van der Waals surface area contributed by atoms with Crippen LogP contribution in [0.15, 0.2) is 35.7 Å². The van der Waals surface area contributed by atoms with E-state index in [-0.39, 0.29) is 10.6 Å². The topological polar surface area (TPSA) is 32.3 Å². The van der Waals surface area contributed by atoms with E-state index in [9.17, 15) is 9.18 Å². The number of nitrogens with one attached hydrogen (secondary N) is 1. The largest absolute Gasteiger partial charge is 0.352 e. The van der Waals surface area contributed by atoms with Gasteiger partial charge in [0.1, 0.15) is 5.82 Å². The zero-order valence-electron chi connectivity index (χ0n) is 13.3. The molecule has 1 aromatic carbocycles. The van der Waals surface area contributed by atoms with Gasteiger partial charge in [-0.25, -0.2) is 4.39 Å². The zero-order valence-corrected chi connectivity index (χ0v) is 14.9. The molecule has 1 amide bonds. The molecule has 0 saturated carbocycles. The van der Waals surface area contributed by atoms with Gasteiger partial charge in [0.2, 0.25) is 0 Å². The first kappa shape index (κ1) is 17.4. The van der Waals surface area contributed by atoms with E-state index in [1.54, 1.807) is 11.3 Å². The second-order valence-electron chi connectivity index (χ2n) is 6.11. The molecule has 0 radical (unpaired) electrons. The lowest BCUT2D eigenvalue weighted by molar-refractivity contribution is 0.0931. The van der Waals surface area contributed by atoms with E-state index in [4.69, 9.17) is 11.6 Å². The van der Waals surface area contributed by atoms with Crippen molar-refractivity contribution in [3.05, 3.63) is 57.0 Å². The minimum atomic E-state index is -0.578. The summed E-state index contributed by atoms with van der Waals surface area (Å²) in [6.45, 7) is 3.62. The maximum Gasteiger partial charge on any atom is 0.255 e. The van der Waals surface area contributed by atoms with Gasteiger partial charge >= 0.3 is 0 Å². The molecule has 128 valence electrons. The van der Waals surface area contributed by atoms with Crippen LogP contribution in [0.4, 0.5) is 4.39 Å². The van der Waals surface area contributed by atoms with Gasteiger partial charge in [0.15, 0.2) is 0 Å². The van der Waals surface area contributed by atoms with Crippen molar-refractivity contribution in [2.45, 2.75) is 19.4 Å². The van der Waals surface area contributed by atoms with Gasteiger partial charge in [0.25, 0.3) is 5.91 Å². The summed E-state index contributed by atoms with van der Waals surface area (Å²) in [6, 6.07) is 8.52. The van der Waals surface area contributed by atoms with E-state index >= 15 is 0 Å². The lowest BCUT2D eigenvalue weighted by Gasteiger charge is -2.31. The Labute approximate surface area is 150 Å². The van der Waals surface area contributed by atoms with E-state index in [1.165, 1.54) is 23.1 Å². The number of thiophene rings is 1. The van der Waals surface area contributed by atoms with Crippen LogP contribution >= 0.6 is 22.9 Å². The number of halogens is 2. The second-order valence-corrected chi connectivity index (χ2v) is 7.55. The number of hydrogen-bond acceptors (Lipinski definition) is 3. The average Bonchev–Trinajstić information content (AvgIpc) is 3.07. The molecular formula is C18H20ClFN2OS. The highest BCUT2D eigenvalue weighted by Crippen LogP contribution is 2.21. The monoisotopic (exact) mass is 366 g/mol. The Morgan fingerprint density at radius 3 is 2.75 bits per heavy atom. The fourth-order valence-electron chi connectivity index (χ4n) is 3.01. The van der Waals surface area contributed by atoms with Crippen LogP contribution in [0.5, 0.6) is 0 Å². The molecule has 0 bridgehead atoms. The maximum atomic E-state index is 13.7. The predicted octanol–water partition coefficient (Wildman–Crippen LogP) is 4.18. The Kier molecular flexibility index (Phi) is 5.87. The molecule has 0 aliphatic carbocycles. The normalized spacial score (nSPS) is 16.2. The van der Waals surface area contributed by atoms with E-state index < -0.39 is 11.7 Å². The number of carbonyl (C=O) groups excluding carboxylic acids is 1. The molecule has 1 aliphatic heterocycles. The van der Waals surface area contributed by atoms with Crippen molar-refractivity contribution in [3.8, 4) is 0 Å². The van der Waals surface area contributed by atoms with Crippen molar-refractivity contribution >= 4 is 28.8 Å². The standard InChI is InChI=1S/C18H20ClFN2OS/c19-15-4-1-5-16(20)17(15)18(23)21-11-13-6-8-22(9-7-13)12-14-3-2-10-24-14/h1-5,10,13H,6-9,11-12H2,(H,21,23). The van der Waals surface area contributed by atoms with Crippen molar-refractivity contribution in [2.75, 3.05) is 19.6 Å². The van der Waals surface area contributed by atoms with Crippen LogP contribution < -0.4 is 5.32 Å². The van der Waals surface area contributed by atoms with Crippen LogP contribution in [0.1, 0.15) is 28.1 Å². The molecule has 6 heteroatoms. The summed E-state index contributed by atoms with van der Waals surface area (Å²) in [5.74, 6) is -0.580. The van der Waals surface area contributed by atoms with Crippen molar-refractivity contribution in [2.24, 2.45) is 5.92 Å². The number of carbonyl (C=O) groups is 1. The highest BCUT2D eigenvalue weighted by molar-refractivity contribution is 7.09. The number of rotatable bonds is 5. The van der Waals surface area contributed by atoms with Gasteiger partial charge < -0.3 is 5.32 Å². The first-order chi connectivity index (χ1) is 11.6. The first-order valence-electron chi connectivity index (χ1n) is 8.10. The third kappa shape index (κ3) is 4.35. The summed E-state index contributed by atoms with van der Waals surface area (Å²) in [6.07, 6.45) is 2.08. The van der Waals surface area contributed by atoms with Gasteiger partial charge in [-0.15, -0.1) is 11.3 Å². The number of nitrogens with zero attached hydrogens (tertiary/aromatic N) is 1. The number of benzene rings is 1. The number of hydrogen-bond donors (Lipinski definition) is 1. The summed E-state index contributed by atoms with van der Waals surface area (Å²) in [5.41, 5.74) is -0.0608. The molecule has 0 atom stereocenters. The van der Waals surface area contributed by atoms with Crippen LogP contribution in [0, 0.1) is 11.7 Å². The van der Waals surface area contributed by atoms with Crippen LogP contribution in [-0.4, -0.2) is 30.4 Å². The molecule has 1 N–H and O–H groups in total. The Balaban J connectivity index is 1.46. The lowest BCUT2D eigenvalue weighted by Crippen LogP contribution is -2.38. The zero-order chi connectivity index (χ0) is 16.9. The van der Waals surface area contributed by atoms with E-state index in [0.29, 0.717) is 12.5 Å². The van der Waals surface area contributed by atoms with E-state index in [1.807, 2.05) is 0 Å². The van der Waals surface area contributed by atoms with Crippen LogP contribution in [-0.2, 0) is 6.54 Å². The summed E-state index contributed by atoms with van der Waals surface area (Å²) in [7, 11) is 0. The SMILES string of the molecule is O=C(NCC1CCN(Cc2cccs2)CC1)c1c(F)cccc1Cl. The summed E-state index contributed by atoms with van der Waals surface area (Å²) in [5, 5.41) is 5.08. The fraction of sp³-hybridized carbons (Fsp3) is 0.389. The summed E-state index contributed by atoms with van der Waals surface area (Å²) >= 11 is 7.71. The van der Waals surface area contributed by atoms with E-state index in [2.05, 4.69) is 27.7 Å². The molecule has 1 aliphatic rings. The van der Waals surface area contributed by atoms with Crippen molar-refractivity contribution in [3.63, 3.8) is 0 Å². The number of piperidine rings is 1. The van der Waals surface area contributed by atoms with Crippen LogP contribution in [0.2, 0.25) is 5.02 Å². The van der Waals surface area contributed by atoms with Crippen molar-refractivity contribution in [1.82, 2.24) is 10.2 Å². The molecule has 0 spiro atoms. The molecule has 3 nitrogen and oxygen atoms in total. The second kappa shape index (κ2) is 8.10. The molecule has 1 fully saturated rings. The highest BCUT2D eigenvalue weighted by Gasteiger charge is 2.21. The van der Waals surface area contributed by atoms with Crippen molar-refractivity contribution in [1.29, 1.82) is 0 Å². The van der Waals surface area contributed by atoms with Gasteiger partial charge in [-0.05, 0) is 55.4 Å². The molecule has 2 aromatic rings. The van der Waals surface area contributed by atoms with Gasteiger partial charge in [-0.2, -0.15) is 0 Å². The predicted molar refractivity (Wildman–Crippen MR) is 96.1 cm³/mol. The summed E-state index contributed by atoms with van der Waals surface area (Å²) < 4.78 is 13.7. The smallest absolute Gasteiger partial charge is 0.255 e. The molecule has 2 heterocycles. The van der Waals surface area contributed by atoms with Gasteiger partial charge in [0, 0.05) is 18.0 Å². The van der Waals surface area contributed by atoms with Gasteiger partial charge in [-0.3, -0.25) is 9.69 Å². The Morgan fingerprint density at radius 2 is 2.08 bits per heavy atom. The Hall–Kier alpha value is -1.43. The maximum absolute atomic E-state index is 13.7. The lowest BCUT2D eigenvalue weighted by atomic mass is 9.96. The summed E-state index contributed by atoms with van der Waals surface area (Å²) in [4.78, 5) is 16.0. The minimum absolute atomic E-state index is 0.0608. The third-order valence-electron chi connectivity index (χ3n) is 4.41. The van der Waals surface area contributed by atoms with E-state index in [0.717, 1.165) is 32.5 Å². The Bertz CT molecular complexity index is 664. The molecular weight excluding hydrogens is 347 g/mol. The highest BCUT2D eigenvalue weighted by atomic mass is 35.5. The molecule has 1 aromatic heterocycles. The van der Waals surface area contributed by atoms with Crippen LogP contribution in [0.3, 0.4) is 0 Å². The Morgan fingerprint density at radius 1 is 1.29 bits per heavy atom. The van der Waals surface area contributed by atoms with Crippen LogP contribution in [0.25, 0.3) is 0 Å². The molecule has 24 heavy (non-hydrogen) atoms. The number of amides is 1. The fourth-order valence-corrected chi connectivity index (χ4v) is 4.01.